The number of amides is 1. The molecule has 0 spiro atoms. The average molecular weight is 467 g/mol. The molecule has 2 heterocycles. The van der Waals surface area contributed by atoms with Crippen LogP contribution in [-0.2, 0) is 27.0 Å². The Hall–Kier alpha value is -1.60. The zero-order valence-corrected chi connectivity index (χ0v) is 19.1. The van der Waals surface area contributed by atoms with E-state index in [4.69, 9.17) is 23.2 Å². The third-order valence-electron chi connectivity index (χ3n) is 6.03. The zero-order valence-electron chi connectivity index (χ0n) is 16.7. The van der Waals surface area contributed by atoms with Crippen LogP contribution in [0.4, 0.5) is 5.69 Å². The van der Waals surface area contributed by atoms with Crippen molar-refractivity contribution in [3.8, 4) is 0 Å². The van der Waals surface area contributed by atoms with Crippen LogP contribution in [0.5, 0.6) is 0 Å². The summed E-state index contributed by atoms with van der Waals surface area (Å²) in [6, 6.07) is 13.1. The number of nitrogens with zero attached hydrogens (tertiary/aromatic N) is 2. The van der Waals surface area contributed by atoms with Crippen LogP contribution >= 0.6 is 23.2 Å². The van der Waals surface area contributed by atoms with Gasteiger partial charge in [-0.05, 0) is 49.9 Å². The van der Waals surface area contributed by atoms with Crippen LogP contribution in [0.2, 0.25) is 10.0 Å². The summed E-state index contributed by atoms with van der Waals surface area (Å²) in [6.45, 7) is 2.71. The molecule has 2 aromatic carbocycles. The summed E-state index contributed by atoms with van der Waals surface area (Å²) in [5.74, 6) is -0.312. The Morgan fingerprint density at radius 3 is 2.33 bits per heavy atom. The lowest BCUT2D eigenvalue weighted by atomic mass is 9.96. The molecule has 5 nitrogen and oxygen atoms in total. The number of carbonyl (C=O) groups excluding carboxylic acids is 1. The fourth-order valence-electron chi connectivity index (χ4n) is 4.42. The summed E-state index contributed by atoms with van der Waals surface area (Å²) in [5.41, 5.74) is 2.59. The van der Waals surface area contributed by atoms with Crippen LogP contribution in [0, 0.1) is 5.92 Å². The van der Waals surface area contributed by atoms with Gasteiger partial charge in [0.05, 0.1) is 5.75 Å². The first-order valence-electron chi connectivity index (χ1n) is 10.1. The SMILES string of the molecule is C[C@H]1Cc2ccccc2N1C(=O)C1CCN(S(=O)(=O)Cc2c(Cl)cccc2Cl)CC1. The number of fused-ring (bicyclic) bond motifs is 1. The van der Waals surface area contributed by atoms with Crippen molar-refractivity contribution in [3.63, 3.8) is 0 Å². The predicted octanol–water partition coefficient (Wildman–Crippen LogP) is 4.51. The molecule has 4 rings (SSSR count). The van der Waals surface area contributed by atoms with E-state index >= 15 is 0 Å². The van der Waals surface area contributed by atoms with Crippen molar-refractivity contribution in [2.24, 2.45) is 5.92 Å². The van der Waals surface area contributed by atoms with Crippen molar-refractivity contribution in [1.29, 1.82) is 0 Å². The number of benzene rings is 2. The summed E-state index contributed by atoms with van der Waals surface area (Å²) >= 11 is 12.3. The number of sulfonamides is 1. The fraction of sp³-hybridized carbons (Fsp3) is 0.409. The minimum Gasteiger partial charge on any atom is -0.309 e. The Bertz CT molecular complexity index is 1050. The molecular weight excluding hydrogens is 443 g/mol. The monoisotopic (exact) mass is 466 g/mol. The van der Waals surface area contributed by atoms with Crippen LogP contribution in [0.1, 0.15) is 30.9 Å². The van der Waals surface area contributed by atoms with Crippen LogP contribution < -0.4 is 4.90 Å². The van der Waals surface area contributed by atoms with E-state index in [0.717, 1.165) is 12.1 Å². The number of para-hydroxylation sites is 1. The molecular formula is C22H24Cl2N2O3S. The van der Waals surface area contributed by atoms with Gasteiger partial charge in [0.2, 0.25) is 15.9 Å². The Morgan fingerprint density at radius 1 is 1.03 bits per heavy atom. The van der Waals surface area contributed by atoms with Gasteiger partial charge in [-0.2, -0.15) is 0 Å². The van der Waals surface area contributed by atoms with E-state index in [0.29, 0.717) is 41.5 Å². The van der Waals surface area contributed by atoms with Gasteiger partial charge in [-0.25, -0.2) is 12.7 Å². The molecule has 1 saturated heterocycles. The highest BCUT2D eigenvalue weighted by molar-refractivity contribution is 7.88. The van der Waals surface area contributed by atoms with E-state index in [9.17, 15) is 13.2 Å². The number of anilines is 1. The highest BCUT2D eigenvalue weighted by atomic mass is 35.5. The number of piperidine rings is 1. The molecule has 2 aliphatic rings. The van der Waals surface area contributed by atoms with Gasteiger partial charge in [-0.1, -0.05) is 47.5 Å². The summed E-state index contributed by atoms with van der Waals surface area (Å²) in [5, 5.41) is 0.690. The lowest BCUT2D eigenvalue weighted by Crippen LogP contribution is -2.46. The van der Waals surface area contributed by atoms with Crippen LogP contribution in [-0.4, -0.2) is 37.8 Å². The van der Waals surface area contributed by atoms with Crippen molar-refractivity contribution < 1.29 is 13.2 Å². The third-order valence-corrected chi connectivity index (χ3v) is 8.54. The molecule has 0 saturated carbocycles. The largest absolute Gasteiger partial charge is 0.309 e. The second-order valence-electron chi connectivity index (χ2n) is 8.02. The molecule has 1 fully saturated rings. The molecule has 8 heteroatoms. The second-order valence-corrected chi connectivity index (χ2v) is 10.8. The quantitative estimate of drug-likeness (QED) is 0.665. The van der Waals surface area contributed by atoms with E-state index in [1.807, 2.05) is 23.1 Å². The molecule has 2 aliphatic heterocycles. The van der Waals surface area contributed by atoms with Crippen LogP contribution in [0.3, 0.4) is 0 Å². The Morgan fingerprint density at radius 2 is 1.67 bits per heavy atom. The van der Waals surface area contributed by atoms with Crippen LogP contribution in [0.25, 0.3) is 0 Å². The average Bonchev–Trinajstić information content (AvgIpc) is 3.06. The van der Waals surface area contributed by atoms with Crippen molar-refractivity contribution in [3.05, 3.63) is 63.6 Å². The van der Waals surface area contributed by atoms with E-state index in [2.05, 4.69) is 13.0 Å². The fourth-order valence-corrected chi connectivity index (χ4v) is 6.74. The maximum absolute atomic E-state index is 13.2. The normalized spacial score (nSPS) is 20.4. The molecule has 30 heavy (non-hydrogen) atoms. The zero-order chi connectivity index (χ0) is 21.5. The van der Waals surface area contributed by atoms with Gasteiger partial charge in [-0.3, -0.25) is 4.79 Å². The molecule has 0 N–H and O–H groups in total. The Kier molecular flexibility index (Phi) is 6.13. The minimum absolute atomic E-state index is 0.0960. The molecule has 2 aromatic rings. The van der Waals surface area contributed by atoms with Gasteiger partial charge >= 0.3 is 0 Å². The molecule has 1 amide bonds. The first-order chi connectivity index (χ1) is 14.3. The number of rotatable bonds is 4. The molecule has 0 radical (unpaired) electrons. The molecule has 160 valence electrons. The predicted molar refractivity (Wildman–Crippen MR) is 120 cm³/mol. The lowest BCUT2D eigenvalue weighted by molar-refractivity contribution is -0.123. The Labute approximate surface area is 187 Å². The summed E-state index contributed by atoms with van der Waals surface area (Å²) in [7, 11) is -3.57. The minimum atomic E-state index is -3.57. The van der Waals surface area contributed by atoms with Gasteiger partial charge in [0.25, 0.3) is 0 Å². The van der Waals surface area contributed by atoms with E-state index in [-0.39, 0.29) is 23.6 Å². The second kappa shape index (κ2) is 8.50. The highest BCUT2D eigenvalue weighted by Gasteiger charge is 2.38. The van der Waals surface area contributed by atoms with Gasteiger partial charge in [0.1, 0.15) is 0 Å². The molecule has 0 aromatic heterocycles. The van der Waals surface area contributed by atoms with Crippen molar-refractivity contribution >= 4 is 44.8 Å². The lowest BCUT2D eigenvalue weighted by Gasteiger charge is -2.34. The smallest absolute Gasteiger partial charge is 0.230 e. The first kappa shape index (κ1) is 21.6. The maximum atomic E-state index is 13.2. The highest BCUT2D eigenvalue weighted by Crippen LogP contribution is 2.35. The molecule has 0 bridgehead atoms. The molecule has 0 unspecified atom stereocenters. The summed E-state index contributed by atoms with van der Waals surface area (Å²) < 4.78 is 27.3. The van der Waals surface area contributed by atoms with Crippen molar-refractivity contribution in [2.75, 3.05) is 18.0 Å². The van der Waals surface area contributed by atoms with E-state index < -0.39 is 10.0 Å². The number of hydrogen-bond acceptors (Lipinski definition) is 3. The van der Waals surface area contributed by atoms with Gasteiger partial charge in [0, 0.05) is 46.3 Å². The number of halogens is 2. The van der Waals surface area contributed by atoms with Crippen molar-refractivity contribution in [2.45, 2.75) is 38.0 Å². The van der Waals surface area contributed by atoms with E-state index in [1.54, 1.807) is 18.2 Å². The van der Waals surface area contributed by atoms with Gasteiger partial charge in [0.15, 0.2) is 0 Å². The maximum Gasteiger partial charge on any atom is 0.230 e. The first-order valence-corrected chi connectivity index (χ1v) is 12.5. The third kappa shape index (κ3) is 4.11. The molecule has 0 aliphatic carbocycles. The molecule has 1 atom stereocenters. The van der Waals surface area contributed by atoms with Crippen molar-refractivity contribution in [1.82, 2.24) is 4.31 Å². The van der Waals surface area contributed by atoms with Gasteiger partial charge in [-0.15, -0.1) is 0 Å². The van der Waals surface area contributed by atoms with Crippen LogP contribution in [0.15, 0.2) is 42.5 Å². The standard InChI is InChI=1S/C22H24Cl2N2O3S/c1-15-13-17-5-2-3-8-21(17)26(15)22(27)16-9-11-25(12-10-16)30(28,29)14-18-19(23)6-4-7-20(18)24/h2-8,15-16H,9-14H2,1H3/t15-/m0/s1. The van der Waals surface area contributed by atoms with E-state index in [1.165, 1.54) is 9.87 Å². The summed E-state index contributed by atoms with van der Waals surface area (Å²) in [4.78, 5) is 15.1. The summed E-state index contributed by atoms with van der Waals surface area (Å²) in [6.07, 6.45) is 1.88. The Balaban J connectivity index is 1.43. The number of hydrogen-bond donors (Lipinski definition) is 0. The number of carbonyl (C=O) groups is 1. The topological polar surface area (TPSA) is 57.7 Å². The van der Waals surface area contributed by atoms with Gasteiger partial charge < -0.3 is 4.90 Å².